The normalized spacial score (nSPS) is 31.5. The molecule has 0 spiro atoms. The standard InChI is InChI=1S/C38H54ClN3O10S/c1-21-11-10-12-29(49-9)38(47)19-28(51-35(46)41-38)22(2)33-37(6,52-33)25(20-50-34(45)23(3)40-30(43)13-14-36(4,5)53)18-31(44)42(7)26-16-24(15-21)17-27(48-8)32(26)39/h10-12,16-17,22-23,25,28-29,33,47,53H,13-15,18-20H2,1-9H3,(H,40,43)(H,41,46)/b12-10+,21-11+/t22-,23+,25-,28?,29-,33+,37+,38+/m1/s1. The van der Waals surface area contributed by atoms with Crippen LogP contribution in [0, 0.1) is 11.8 Å². The molecule has 8 atom stereocenters. The lowest BCUT2D eigenvalue weighted by Gasteiger charge is -2.42. The second kappa shape index (κ2) is 17.0. The number of ether oxygens (including phenoxy) is 5. The van der Waals surface area contributed by atoms with Gasteiger partial charge in [0.2, 0.25) is 11.8 Å². The summed E-state index contributed by atoms with van der Waals surface area (Å²) in [6, 6.07) is 2.68. The monoisotopic (exact) mass is 779 g/mol. The van der Waals surface area contributed by atoms with Crippen molar-refractivity contribution in [1.29, 1.82) is 0 Å². The van der Waals surface area contributed by atoms with Crippen molar-refractivity contribution in [3.8, 4) is 5.75 Å². The van der Waals surface area contributed by atoms with Gasteiger partial charge in [0.1, 0.15) is 29.0 Å². The molecule has 13 nitrogen and oxygen atoms in total. The van der Waals surface area contributed by atoms with Crippen LogP contribution in [0.25, 0.3) is 0 Å². The lowest BCUT2D eigenvalue weighted by atomic mass is 9.80. The number of aliphatic hydroxyl groups is 1. The van der Waals surface area contributed by atoms with Crippen LogP contribution in [0.5, 0.6) is 5.75 Å². The second-order valence-corrected chi connectivity index (χ2v) is 16.8. The number of epoxide rings is 1. The van der Waals surface area contributed by atoms with Gasteiger partial charge in [0.15, 0.2) is 5.72 Å². The van der Waals surface area contributed by atoms with Gasteiger partial charge >= 0.3 is 12.1 Å². The molecule has 1 aromatic carbocycles. The number of allylic oxidation sites excluding steroid dienone is 3. The van der Waals surface area contributed by atoms with Crippen LogP contribution in [-0.2, 0) is 39.8 Å². The van der Waals surface area contributed by atoms with Crippen molar-refractivity contribution in [3.63, 3.8) is 0 Å². The molecule has 3 aliphatic rings. The van der Waals surface area contributed by atoms with E-state index in [0.717, 1.165) is 11.1 Å². The van der Waals surface area contributed by atoms with E-state index in [-0.39, 0.29) is 47.5 Å². The fourth-order valence-corrected chi connectivity index (χ4v) is 7.32. The van der Waals surface area contributed by atoms with Gasteiger partial charge in [0, 0.05) is 50.0 Å². The average molecular weight is 780 g/mol. The highest BCUT2D eigenvalue weighted by Crippen LogP contribution is 2.51. The van der Waals surface area contributed by atoms with E-state index in [2.05, 4.69) is 23.3 Å². The Morgan fingerprint density at radius 1 is 1.26 bits per heavy atom. The predicted octanol–water partition coefficient (Wildman–Crippen LogP) is 4.91. The van der Waals surface area contributed by atoms with E-state index in [0.29, 0.717) is 24.3 Å². The molecule has 294 valence electrons. The molecule has 15 heteroatoms. The van der Waals surface area contributed by atoms with Crippen LogP contribution in [0.4, 0.5) is 10.5 Å². The SMILES string of the molecule is COc1cc2cc(c1Cl)N(C)C(=O)C[C@H](COC(=O)[C@H](C)NC(=O)CCC(C)(C)S)[C@]1(C)O[C@H]1[C@H](C)C1C[C@@](O)(NC(=O)O1)[C@H](OC)/C=C/C=C(\C)C2. The third-order valence-corrected chi connectivity index (χ3v) is 10.9. The Bertz CT molecular complexity index is 1610. The number of benzene rings is 1. The van der Waals surface area contributed by atoms with Crippen LogP contribution in [0.2, 0.25) is 5.02 Å². The van der Waals surface area contributed by atoms with Crippen molar-refractivity contribution in [2.75, 3.05) is 32.8 Å². The van der Waals surface area contributed by atoms with E-state index in [1.165, 1.54) is 26.0 Å². The summed E-state index contributed by atoms with van der Waals surface area (Å²) in [5.41, 5.74) is -0.609. The zero-order chi connectivity index (χ0) is 39.5. The number of hydrogen-bond acceptors (Lipinski definition) is 11. The minimum absolute atomic E-state index is 0.0194. The number of methoxy groups -OCH3 is 2. The molecule has 3 amide bonds. The zero-order valence-electron chi connectivity index (χ0n) is 32.0. The fourth-order valence-electron chi connectivity index (χ4n) is 6.89. The number of alkyl carbamates (subject to hydrolysis) is 1. The first-order chi connectivity index (χ1) is 24.7. The molecule has 3 heterocycles. The number of carbonyl (C=O) groups is 4. The number of hydrogen-bond donors (Lipinski definition) is 4. The van der Waals surface area contributed by atoms with E-state index >= 15 is 0 Å². The second-order valence-electron chi connectivity index (χ2n) is 15.2. The minimum Gasteiger partial charge on any atom is -0.495 e. The molecule has 2 saturated heterocycles. The Morgan fingerprint density at radius 2 is 1.96 bits per heavy atom. The lowest BCUT2D eigenvalue weighted by molar-refractivity contribution is -0.150. The van der Waals surface area contributed by atoms with Crippen LogP contribution >= 0.6 is 24.2 Å². The zero-order valence-corrected chi connectivity index (χ0v) is 33.6. The average Bonchev–Trinajstić information content (AvgIpc) is 3.77. The van der Waals surface area contributed by atoms with E-state index in [1.54, 1.807) is 25.3 Å². The van der Waals surface area contributed by atoms with Crippen LogP contribution < -0.4 is 20.3 Å². The van der Waals surface area contributed by atoms with Gasteiger partial charge < -0.3 is 39.0 Å². The molecular formula is C38H54ClN3O10S. The summed E-state index contributed by atoms with van der Waals surface area (Å²) in [5, 5.41) is 17.2. The van der Waals surface area contributed by atoms with Crippen molar-refractivity contribution < 1.29 is 48.0 Å². The summed E-state index contributed by atoms with van der Waals surface area (Å²) < 4.78 is 28.6. The van der Waals surface area contributed by atoms with Gasteiger partial charge in [-0.15, -0.1) is 0 Å². The van der Waals surface area contributed by atoms with E-state index in [9.17, 15) is 24.3 Å². The maximum atomic E-state index is 14.1. The van der Waals surface area contributed by atoms with Crippen molar-refractivity contribution >= 4 is 53.8 Å². The number of fused-ring (bicyclic) bond motifs is 5. The highest BCUT2D eigenvalue weighted by molar-refractivity contribution is 7.81. The van der Waals surface area contributed by atoms with E-state index < -0.39 is 59.6 Å². The summed E-state index contributed by atoms with van der Waals surface area (Å²) in [7, 11) is 4.56. The van der Waals surface area contributed by atoms with Crippen molar-refractivity contribution in [2.24, 2.45) is 11.8 Å². The summed E-state index contributed by atoms with van der Waals surface area (Å²) >= 11 is 11.2. The van der Waals surface area contributed by atoms with Gasteiger partial charge in [-0.2, -0.15) is 12.6 Å². The summed E-state index contributed by atoms with van der Waals surface area (Å²) in [6.45, 7) is 10.7. The highest BCUT2D eigenvalue weighted by atomic mass is 35.5. The molecule has 4 bridgehead atoms. The van der Waals surface area contributed by atoms with E-state index in [4.69, 9.17) is 35.3 Å². The first kappa shape index (κ1) is 42.4. The highest BCUT2D eigenvalue weighted by Gasteiger charge is 2.63. The summed E-state index contributed by atoms with van der Waals surface area (Å²) in [5.74, 6) is -2.06. The molecule has 4 rings (SSSR count). The van der Waals surface area contributed by atoms with Crippen molar-refractivity contribution in [3.05, 3.63) is 46.5 Å². The van der Waals surface area contributed by atoms with Crippen LogP contribution in [0.15, 0.2) is 35.9 Å². The summed E-state index contributed by atoms with van der Waals surface area (Å²) in [4.78, 5) is 54.1. The molecule has 3 aliphatic heterocycles. The number of esters is 1. The number of halogens is 1. The number of amides is 3. The Labute approximate surface area is 322 Å². The van der Waals surface area contributed by atoms with Gasteiger partial charge in [-0.3, -0.25) is 14.9 Å². The topological polar surface area (TPSA) is 165 Å². The Balaban J connectivity index is 1.68. The van der Waals surface area contributed by atoms with Gasteiger partial charge in [0.25, 0.3) is 0 Å². The molecule has 1 unspecified atom stereocenters. The molecule has 53 heavy (non-hydrogen) atoms. The lowest BCUT2D eigenvalue weighted by Crippen LogP contribution is -2.63. The fraction of sp³-hybridized carbons (Fsp3) is 0.632. The summed E-state index contributed by atoms with van der Waals surface area (Å²) in [6.07, 6.45) is 3.24. The Morgan fingerprint density at radius 3 is 2.60 bits per heavy atom. The smallest absolute Gasteiger partial charge is 0.409 e. The third kappa shape index (κ3) is 10.5. The molecule has 3 N–H and O–H groups in total. The number of nitrogens with zero attached hydrogens (tertiary/aromatic N) is 1. The first-order valence-electron chi connectivity index (χ1n) is 17.8. The molecule has 2 fully saturated rings. The third-order valence-electron chi connectivity index (χ3n) is 10.3. The van der Waals surface area contributed by atoms with Gasteiger partial charge in [-0.25, -0.2) is 9.59 Å². The maximum Gasteiger partial charge on any atom is 0.409 e. The maximum absolute atomic E-state index is 14.1. The number of nitrogens with one attached hydrogen (secondary N) is 2. The van der Waals surface area contributed by atoms with Gasteiger partial charge in [-0.1, -0.05) is 56.2 Å². The van der Waals surface area contributed by atoms with Crippen LogP contribution in [0.3, 0.4) is 0 Å². The number of rotatable bonds is 9. The largest absolute Gasteiger partial charge is 0.495 e. The van der Waals surface area contributed by atoms with Crippen molar-refractivity contribution in [2.45, 2.75) is 114 Å². The molecule has 0 saturated carbocycles. The number of anilines is 1. The quantitative estimate of drug-likeness (QED) is 0.154. The molecule has 0 aromatic heterocycles. The van der Waals surface area contributed by atoms with Crippen molar-refractivity contribution in [1.82, 2.24) is 10.6 Å². The molecule has 0 aliphatic carbocycles. The predicted molar refractivity (Wildman–Crippen MR) is 203 cm³/mol. The van der Waals surface area contributed by atoms with Crippen LogP contribution in [0.1, 0.15) is 72.8 Å². The minimum atomic E-state index is -1.80. The number of carbonyl (C=O) groups excluding carboxylic acids is 4. The Hall–Kier alpha value is -3.30. The molecule has 1 aromatic rings. The van der Waals surface area contributed by atoms with Gasteiger partial charge in [-0.05, 0) is 51.3 Å². The van der Waals surface area contributed by atoms with Crippen LogP contribution in [-0.4, -0.2) is 97.3 Å². The van der Waals surface area contributed by atoms with E-state index in [1.807, 2.05) is 46.8 Å². The Kier molecular flexibility index (Phi) is 13.6. The molecule has 0 radical (unpaired) electrons. The van der Waals surface area contributed by atoms with Gasteiger partial charge in [0.05, 0.1) is 31.1 Å². The molecular weight excluding hydrogens is 726 g/mol. The number of thiol groups is 1. The first-order valence-corrected chi connectivity index (χ1v) is 18.6.